The Morgan fingerprint density at radius 3 is 2.32 bits per heavy atom. The van der Waals surface area contributed by atoms with Crippen LogP contribution in [0.4, 0.5) is 5.69 Å². The van der Waals surface area contributed by atoms with E-state index < -0.39 is 17.4 Å². The largest absolute Gasteiger partial charge is 0.394 e. The lowest BCUT2D eigenvalue weighted by Gasteiger charge is -2.40. The zero-order chi connectivity index (χ0) is 13.9. The average molecular weight is 262 g/mol. The van der Waals surface area contributed by atoms with Gasteiger partial charge in [0.1, 0.15) is 0 Å². The van der Waals surface area contributed by atoms with Crippen molar-refractivity contribution in [3.05, 3.63) is 29.8 Å². The third kappa shape index (κ3) is 3.12. The maximum atomic E-state index is 11.7. The van der Waals surface area contributed by atoms with Gasteiger partial charge in [0, 0.05) is 5.69 Å². The summed E-state index contributed by atoms with van der Waals surface area (Å²) in [5, 5.41) is 14.4. The third-order valence-corrected chi connectivity index (χ3v) is 3.51. The molecule has 0 radical (unpaired) electrons. The fourth-order valence-electron chi connectivity index (χ4n) is 2.05. The minimum absolute atomic E-state index is 0.128. The highest BCUT2D eigenvalue weighted by atomic mass is 16.3. The summed E-state index contributed by atoms with van der Waals surface area (Å²) < 4.78 is 0. The number of carbonyl (C=O) groups is 2. The molecule has 102 valence electrons. The first-order valence-electron chi connectivity index (χ1n) is 6.36. The summed E-state index contributed by atoms with van der Waals surface area (Å²) in [5.41, 5.74) is 1.07. The smallest absolute Gasteiger partial charge is 0.313 e. The molecule has 0 spiro atoms. The van der Waals surface area contributed by atoms with Gasteiger partial charge in [-0.2, -0.15) is 0 Å². The van der Waals surface area contributed by atoms with Crippen LogP contribution in [-0.4, -0.2) is 29.1 Å². The van der Waals surface area contributed by atoms with E-state index in [-0.39, 0.29) is 6.61 Å². The Kier molecular flexibility index (Phi) is 3.85. The molecule has 1 aromatic carbocycles. The highest BCUT2D eigenvalue weighted by Crippen LogP contribution is 2.31. The average Bonchev–Trinajstić information content (AvgIpc) is 2.36. The lowest BCUT2D eigenvalue weighted by atomic mass is 9.77. The fraction of sp³-hybridized carbons (Fsp3) is 0.429. The number of amides is 2. The molecule has 0 atom stereocenters. The molecule has 1 aliphatic carbocycles. The van der Waals surface area contributed by atoms with E-state index in [1.54, 1.807) is 12.1 Å². The second-order valence-electron chi connectivity index (χ2n) is 5.07. The molecule has 0 saturated heterocycles. The van der Waals surface area contributed by atoms with Crippen molar-refractivity contribution in [3.8, 4) is 0 Å². The molecule has 19 heavy (non-hydrogen) atoms. The number of anilines is 1. The molecule has 2 amide bonds. The Morgan fingerprint density at radius 1 is 1.21 bits per heavy atom. The maximum Gasteiger partial charge on any atom is 0.313 e. The van der Waals surface area contributed by atoms with Crippen LogP contribution in [0.25, 0.3) is 0 Å². The molecule has 1 aromatic rings. The summed E-state index contributed by atoms with van der Waals surface area (Å²) >= 11 is 0. The first kappa shape index (κ1) is 13.5. The zero-order valence-corrected chi connectivity index (χ0v) is 10.9. The maximum absolute atomic E-state index is 11.7. The first-order valence-corrected chi connectivity index (χ1v) is 6.36. The van der Waals surface area contributed by atoms with E-state index in [1.807, 2.05) is 19.1 Å². The fourth-order valence-corrected chi connectivity index (χ4v) is 2.05. The topological polar surface area (TPSA) is 78.4 Å². The number of hydrogen-bond donors (Lipinski definition) is 3. The van der Waals surface area contributed by atoms with Crippen LogP contribution < -0.4 is 10.6 Å². The van der Waals surface area contributed by atoms with E-state index >= 15 is 0 Å². The second kappa shape index (κ2) is 5.40. The van der Waals surface area contributed by atoms with Gasteiger partial charge in [-0.15, -0.1) is 0 Å². The molecule has 1 fully saturated rings. The summed E-state index contributed by atoms with van der Waals surface area (Å²) in [6, 6.07) is 7.20. The Hall–Kier alpha value is -1.88. The van der Waals surface area contributed by atoms with Gasteiger partial charge in [0.2, 0.25) is 0 Å². The molecule has 5 heteroatoms. The third-order valence-electron chi connectivity index (χ3n) is 3.51. The van der Waals surface area contributed by atoms with Crippen LogP contribution in [0.3, 0.4) is 0 Å². The Balaban J connectivity index is 1.92. The quantitative estimate of drug-likeness (QED) is 0.710. The molecule has 0 aliphatic heterocycles. The van der Waals surface area contributed by atoms with E-state index in [9.17, 15) is 14.7 Å². The van der Waals surface area contributed by atoms with E-state index in [0.717, 1.165) is 12.0 Å². The normalized spacial score (nSPS) is 16.3. The van der Waals surface area contributed by atoms with Crippen molar-refractivity contribution in [1.82, 2.24) is 5.32 Å². The van der Waals surface area contributed by atoms with Crippen LogP contribution in [0, 0.1) is 6.92 Å². The zero-order valence-electron chi connectivity index (χ0n) is 10.9. The van der Waals surface area contributed by atoms with Crippen molar-refractivity contribution in [2.75, 3.05) is 11.9 Å². The van der Waals surface area contributed by atoms with Crippen molar-refractivity contribution in [1.29, 1.82) is 0 Å². The summed E-state index contributed by atoms with van der Waals surface area (Å²) in [6.45, 7) is 1.82. The molecular weight excluding hydrogens is 244 g/mol. The summed E-state index contributed by atoms with van der Waals surface area (Å²) in [5.74, 6) is -1.40. The molecule has 3 N–H and O–H groups in total. The molecule has 0 heterocycles. The number of aliphatic hydroxyl groups excluding tert-OH is 1. The number of aryl methyl sites for hydroxylation is 1. The van der Waals surface area contributed by atoms with E-state index in [4.69, 9.17) is 0 Å². The monoisotopic (exact) mass is 262 g/mol. The first-order chi connectivity index (χ1) is 9.04. The van der Waals surface area contributed by atoms with Gasteiger partial charge in [-0.1, -0.05) is 17.7 Å². The number of hydrogen-bond acceptors (Lipinski definition) is 3. The Morgan fingerprint density at radius 2 is 1.84 bits per heavy atom. The van der Waals surface area contributed by atoms with Crippen molar-refractivity contribution in [3.63, 3.8) is 0 Å². The van der Waals surface area contributed by atoms with Gasteiger partial charge in [0.05, 0.1) is 12.1 Å². The second-order valence-corrected chi connectivity index (χ2v) is 5.07. The molecule has 1 saturated carbocycles. The number of aliphatic hydroxyl groups is 1. The minimum atomic E-state index is -0.705. The van der Waals surface area contributed by atoms with Crippen molar-refractivity contribution in [2.45, 2.75) is 31.7 Å². The van der Waals surface area contributed by atoms with Crippen molar-refractivity contribution in [2.24, 2.45) is 0 Å². The number of nitrogens with one attached hydrogen (secondary N) is 2. The molecular formula is C14H18N2O3. The highest BCUT2D eigenvalue weighted by Gasteiger charge is 2.38. The van der Waals surface area contributed by atoms with Crippen LogP contribution in [0.5, 0.6) is 0 Å². The van der Waals surface area contributed by atoms with E-state index in [1.165, 1.54) is 0 Å². The van der Waals surface area contributed by atoms with Gasteiger partial charge in [-0.25, -0.2) is 0 Å². The number of rotatable bonds is 3. The molecule has 0 bridgehead atoms. The van der Waals surface area contributed by atoms with Gasteiger partial charge in [-0.3, -0.25) is 9.59 Å². The van der Waals surface area contributed by atoms with Crippen LogP contribution >= 0.6 is 0 Å². The predicted octanol–water partition coefficient (Wildman–Crippen LogP) is 0.965. The van der Waals surface area contributed by atoms with Gasteiger partial charge in [0.15, 0.2) is 0 Å². The Bertz CT molecular complexity index is 472. The summed E-state index contributed by atoms with van der Waals surface area (Å²) in [7, 11) is 0. The van der Waals surface area contributed by atoms with Gasteiger partial charge in [0.25, 0.3) is 0 Å². The van der Waals surface area contributed by atoms with Crippen LogP contribution in [0.2, 0.25) is 0 Å². The van der Waals surface area contributed by atoms with Gasteiger partial charge in [-0.05, 0) is 38.3 Å². The summed E-state index contributed by atoms with van der Waals surface area (Å²) in [4.78, 5) is 23.5. The molecule has 1 aliphatic rings. The van der Waals surface area contributed by atoms with Crippen LogP contribution in [0.1, 0.15) is 24.8 Å². The lowest BCUT2D eigenvalue weighted by molar-refractivity contribution is -0.138. The summed E-state index contributed by atoms with van der Waals surface area (Å²) in [6.07, 6.45) is 2.39. The van der Waals surface area contributed by atoms with Gasteiger partial charge < -0.3 is 15.7 Å². The van der Waals surface area contributed by atoms with E-state index in [0.29, 0.717) is 18.5 Å². The van der Waals surface area contributed by atoms with E-state index in [2.05, 4.69) is 10.6 Å². The van der Waals surface area contributed by atoms with Crippen molar-refractivity contribution < 1.29 is 14.7 Å². The SMILES string of the molecule is Cc1ccc(NC(=O)C(=O)NC2(CO)CCC2)cc1. The predicted molar refractivity (Wildman–Crippen MR) is 71.6 cm³/mol. The molecule has 2 rings (SSSR count). The van der Waals surface area contributed by atoms with Crippen molar-refractivity contribution >= 4 is 17.5 Å². The number of benzene rings is 1. The van der Waals surface area contributed by atoms with Gasteiger partial charge >= 0.3 is 11.8 Å². The molecule has 5 nitrogen and oxygen atoms in total. The lowest BCUT2D eigenvalue weighted by Crippen LogP contribution is -2.58. The standard InChI is InChI=1S/C14H18N2O3/c1-10-3-5-11(6-4-10)15-12(18)13(19)16-14(9-17)7-2-8-14/h3-6,17H,2,7-9H2,1H3,(H,15,18)(H,16,19). The molecule has 0 aromatic heterocycles. The number of carbonyl (C=O) groups excluding carboxylic acids is 2. The minimum Gasteiger partial charge on any atom is -0.394 e. The van der Waals surface area contributed by atoms with Crippen LogP contribution in [0.15, 0.2) is 24.3 Å². The van der Waals surface area contributed by atoms with Crippen LogP contribution in [-0.2, 0) is 9.59 Å². The highest BCUT2D eigenvalue weighted by molar-refractivity contribution is 6.39. The molecule has 0 unspecified atom stereocenters. The Labute approximate surface area is 112 Å².